The zero-order valence-corrected chi connectivity index (χ0v) is 12.3. The van der Waals surface area contributed by atoms with Gasteiger partial charge in [0.1, 0.15) is 0 Å². The van der Waals surface area contributed by atoms with Crippen LogP contribution in [0.5, 0.6) is 0 Å². The van der Waals surface area contributed by atoms with E-state index in [1.165, 1.54) is 5.56 Å². The molecule has 0 spiro atoms. The lowest BCUT2D eigenvalue weighted by Crippen LogP contribution is -2.40. The summed E-state index contributed by atoms with van der Waals surface area (Å²) in [6.45, 7) is 2.01. The Balaban J connectivity index is 1.78. The second kappa shape index (κ2) is 5.51. The Hall–Kier alpha value is -1.84. The molecule has 2 unspecified atom stereocenters. The summed E-state index contributed by atoms with van der Waals surface area (Å²) < 4.78 is 0. The van der Waals surface area contributed by atoms with Crippen molar-refractivity contribution >= 4 is 11.9 Å². The number of aryl methyl sites for hydroxylation is 1. The zero-order valence-electron chi connectivity index (χ0n) is 12.3. The number of carboxylic acid groups (broad SMARTS) is 1. The van der Waals surface area contributed by atoms with Gasteiger partial charge in [-0.1, -0.05) is 31.2 Å². The minimum absolute atomic E-state index is 0.0807. The normalized spacial score (nSPS) is 21.7. The molecule has 4 heteroatoms. The highest BCUT2D eigenvalue weighted by atomic mass is 16.4. The Bertz CT molecular complexity index is 565. The van der Waals surface area contributed by atoms with Gasteiger partial charge >= 0.3 is 5.97 Å². The molecule has 0 radical (unpaired) electrons. The van der Waals surface area contributed by atoms with Gasteiger partial charge in [0, 0.05) is 12.6 Å². The van der Waals surface area contributed by atoms with E-state index in [1.54, 1.807) is 6.92 Å². The van der Waals surface area contributed by atoms with Crippen molar-refractivity contribution in [2.24, 2.45) is 5.92 Å². The van der Waals surface area contributed by atoms with Crippen molar-refractivity contribution in [1.82, 2.24) is 4.90 Å². The SMILES string of the molecule is CC(CN(C(=O)C1CCc2ccccc21)C1CC1)C(=O)O. The molecule has 1 fully saturated rings. The lowest BCUT2D eigenvalue weighted by molar-refractivity contribution is -0.143. The van der Waals surface area contributed by atoms with Gasteiger partial charge in [0.15, 0.2) is 0 Å². The summed E-state index contributed by atoms with van der Waals surface area (Å²) in [6, 6.07) is 8.37. The number of rotatable bonds is 5. The van der Waals surface area contributed by atoms with Crippen LogP contribution in [0.1, 0.15) is 43.2 Å². The molecule has 2 atom stereocenters. The molecular weight excluding hydrogens is 266 g/mol. The van der Waals surface area contributed by atoms with Gasteiger partial charge in [-0.05, 0) is 36.8 Å². The minimum Gasteiger partial charge on any atom is -0.481 e. The first-order valence-corrected chi connectivity index (χ1v) is 7.69. The number of carbonyl (C=O) groups is 2. The van der Waals surface area contributed by atoms with Gasteiger partial charge in [-0.25, -0.2) is 0 Å². The minimum atomic E-state index is -0.833. The van der Waals surface area contributed by atoms with Crippen LogP contribution in [0, 0.1) is 5.92 Å². The molecule has 112 valence electrons. The number of hydrogen-bond acceptors (Lipinski definition) is 2. The summed E-state index contributed by atoms with van der Waals surface area (Å²) in [5.41, 5.74) is 2.40. The van der Waals surface area contributed by atoms with Gasteiger partial charge in [0.2, 0.25) is 5.91 Å². The molecule has 4 nitrogen and oxygen atoms in total. The molecule has 1 aromatic carbocycles. The van der Waals surface area contributed by atoms with E-state index in [9.17, 15) is 9.59 Å². The average Bonchev–Trinajstić information content (AvgIpc) is 3.22. The first-order chi connectivity index (χ1) is 10.1. The first-order valence-electron chi connectivity index (χ1n) is 7.69. The number of aliphatic carboxylic acids is 1. The van der Waals surface area contributed by atoms with E-state index in [0.29, 0.717) is 6.54 Å². The molecule has 3 rings (SSSR count). The number of fused-ring (bicyclic) bond motifs is 1. The van der Waals surface area contributed by atoms with E-state index in [2.05, 4.69) is 6.07 Å². The van der Waals surface area contributed by atoms with Crippen LogP contribution in [0.25, 0.3) is 0 Å². The largest absolute Gasteiger partial charge is 0.481 e. The summed E-state index contributed by atoms with van der Waals surface area (Å²) >= 11 is 0. The van der Waals surface area contributed by atoms with E-state index in [-0.39, 0.29) is 17.9 Å². The number of carbonyl (C=O) groups excluding carboxylic acids is 1. The summed E-state index contributed by atoms with van der Waals surface area (Å²) in [7, 11) is 0. The van der Waals surface area contributed by atoms with E-state index in [4.69, 9.17) is 5.11 Å². The Morgan fingerprint density at radius 3 is 2.67 bits per heavy atom. The molecule has 0 heterocycles. The van der Waals surface area contributed by atoms with E-state index < -0.39 is 11.9 Å². The van der Waals surface area contributed by atoms with E-state index >= 15 is 0 Å². The Labute approximate surface area is 124 Å². The van der Waals surface area contributed by atoms with Crippen molar-refractivity contribution in [3.8, 4) is 0 Å². The van der Waals surface area contributed by atoms with Crippen LogP contribution >= 0.6 is 0 Å². The number of nitrogens with zero attached hydrogens (tertiary/aromatic N) is 1. The smallest absolute Gasteiger partial charge is 0.308 e. The standard InChI is InChI=1S/C17H21NO3/c1-11(17(20)21)10-18(13-7-8-13)16(19)15-9-6-12-4-2-3-5-14(12)15/h2-5,11,13,15H,6-10H2,1H3,(H,20,21). The van der Waals surface area contributed by atoms with Crippen molar-refractivity contribution in [3.05, 3.63) is 35.4 Å². The Kier molecular flexibility index (Phi) is 3.70. The molecule has 0 saturated heterocycles. The average molecular weight is 287 g/mol. The molecule has 1 amide bonds. The topological polar surface area (TPSA) is 57.6 Å². The lowest BCUT2D eigenvalue weighted by Gasteiger charge is -2.27. The van der Waals surface area contributed by atoms with Crippen LogP contribution < -0.4 is 0 Å². The van der Waals surface area contributed by atoms with Crippen molar-refractivity contribution < 1.29 is 14.7 Å². The molecule has 2 aliphatic rings. The third-order valence-electron chi connectivity index (χ3n) is 4.59. The van der Waals surface area contributed by atoms with E-state index in [0.717, 1.165) is 31.2 Å². The molecule has 1 N–H and O–H groups in total. The summed E-state index contributed by atoms with van der Waals surface area (Å²) in [4.78, 5) is 25.8. The Morgan fingerprint density at radius 2 is 2.00 bits per heavy atom. The van der Waals surface area contributed by atoms with Crippen LogP contribution in [0.4, 0.5) is 0 Å². The summed E-state index contributed by atoms with van der Waals surface area (Å²) in [5, 5.41) is 9.10. The van der Waals surface area contributed by atoms with Crippen LogP contribution in [0.2, 0.25) is 0 Å². The molecule has 21 heavy (non-hydrogen) atoms. The highest BCUT2D eigenvalue weighted by Gasteiger charge is 2.39. The van der Waals surface area contributed by atoms with Crippen LogP contribution in [-0.4, -0.2) is 34.5 Å². The van der Waals surface area contributed by atoms with Crippen molar-refractivity contribution in [2.75, 3.05) is 6.54 Å². The number of amides is 1. The predicted molar refractivity (Wildman–Crippen MR) is 79.0 cm³/mol. The molecule has 0 aromatic heterocycles. The van der Waals surface area contributed by atoms with Gasteiger partial charge in [-0.15, -0.1) is 0 Å². The highest BCUT2D eigenvalue weighted by molar-refractivity contribution is 5.86. The first kappa shape index (κ1) is 14.1. The summed E-state index contributed by atoms with van der Waals surface area (Å²) in [5.74, 6) is -1.30. The number of carboxylic acids is 1. The predicted octanol–water partition coefficient (Wildman–Crippen LogP) is 2.43. The van der Waals surface area contributed by atoms with Gasteiger partial charge in [0.05, 0.1) is 11.8 Å². The molecule has 0 bridgehead atoms. The van der Waals surface area contributed by atoms with Gasteiger partial charge in [0.25, 0.3) is 0 Å². The fraction of sp³-hybridized carbons (Fsp3) is 0.529. The molecule has 2 aliphatic carbocycles. The lowest BCUT2D eigenvalue weighted by atomic mass is 9.99. The number of hydrogen-bond donors (Lipinski definition) is 1. The third kappa shape index (κ3) is 2.80. The van der Waals surface area contributed by atoms with E-state index in [1.807, 2.05) is 23.1 Å². The van der Waals surface area contributed by atoms with Gasteiger partial charge < -0.3 is 10.0 Å². The zero-order chi connectivity index (χ0) is 15.0. The molecule has 1 aromatic rings. The van der Waals surface area contributed by atoms with Crippen LogP contribution in [0.15, 0.2) is 24.3 Å². The molecular formula is C17H21NO3. The Morgan fingerprint density at radius 1 is 1.29 bits per heavy atom. The molecule has 0 aliphatic heterocycles. The molecule has 1 saturated carbocycles. The second-order valence-electron chi connectivity index (χ2n) is 6.25. The summed E-state index contributed by atoms with van der Waals surface area (Å²) in [6.07, 6.45) is 3.81. The fourth-order valence-corrected chi connectivity index (χ4v) is 3.19. The van der Waals surface area contributed by atoms with Gasteiger partial charge in [-0.2, -0.15) is 0 Å². The van der Waals surface area contributed by atoms with Crippen molar-refractivity contribution in [1.29, 1.82) is 0 Å². The van der Waals surface area contributed by atoms with Crippen molar-refractivity contribution in [2.45, 2.75) is 44.6 Å². The maximum absolute atomic E-state index is 12.9. The second-order valence-corrected chi connectivity index (χ2v) is 6.25. The van der Waals surface area contributed by atoms with Crippen LogP contribution in [0.3, 0.4) is 0 Å². The van der Waals surface area contributed by atoms with Crippen LogP contribution in [-0.2, 0) is 16.0 Å². The fourth-order valence-electron chi connectivity index (χ4n) is 3.19. The number of benzene rings is 1. The third-order valence-corrected chi connectivity index (χ3v) is 4.59. The maximum Gasteiger partial charge on any atom is 0.308 e. The van der Waals surface area contributed by atoms with Crippen molar-refractivity contribution in [3.63, 3.8) is 0 Å². The highest BCUT2D eigenvalue weighted by Crippen LogP contribution is 2.37. The quantitative estimate of drug-likeness (QED) is 0.905. The van der Waals surface area contributed by atoms with Gasteiger partial charge in [-0.3, -0.25) is 9.59 Å². The monoisotopic (exact) mass is 287 g/mol. The maximum atomic E-state index is 12.9.